The maximum absolute atomic E-state index is 12.7. The highest BCUT2D eigenvalue weighted by atomic mass is 16.6. The molecule has 2 bridgehead atoms. The van der Waals surface area contributed by atoms with Crippen molar-refractivity contribution in [2.24, 2.45) is 5.92 Å². The summed E-state index contributed by atoms with van der Waals surface area (Å²) in [6.07, 6.45) is 1.38. The second-order valence-corrected chi connectivity index (χ2v) is 8.14. The molecule has 1 heterocycles. The van der Waals surface area contributed by atoms with E-state index in [9.17, 15) is 9.90 Å². The first kappa shape index (κ1) is 15.9. The Bertz CT molecular complexity index is 830. The molecule has 5 rings (SSSR count). The van der Waals surface area contributed by atoms with E-state index in [2.05, 4.69) is 24.3 Å². The third-order valence-corrected chi connectivity index (χ3v) is 6.38. The molecule has 0 aromatic heterocycles. The number of hydrogen-bond donors (Lipinski definition) is 1. The fourth-order valence-electron chi connectivity index (χ4n) is 5.26. The first-order chi connectivity index (χ1) is 12.5. The van der Waals surface area contributed by atoms with Gasteiger partial charge in [-0.15, -0.1) is 0 Å². The third kappa shape index (κ3) is 2.28. The average molecular weight is 349 g/mol. The number of likely N-dealkylation sites (tertiary alicyclic amines) is 1. The Hall–Kier alpha value is -2.33. The summed E-state index contributed by atoms with van der Waals surface area (Å²) in [6, 6.07) is 16.6. The van der Waals surface area contributed by atoms with Gasteiger partial charge in [0.25, 0.3) is 0 Å². The van der Waals surface area contributed by atoms with Crippen molar-refractivity contribution in [3.8, 4) is 11.1 Å². The van der Waals surface area contributed by atoms with Crippen LogP contribution < -0.4 is 0 Å². The molecule has 1 saturated carbocycles. The number of rotatable bonds is 2. The predicted octanol–water partition coefficient (Wildman–Crippen LogP) is 3.78. The van der Waals surface area contributed by atoms with E-state index in [1.807, 2.05) is 31.2 Å². The molecule has 3 atom stereocenters. The third-order valence-electron chi connectivity index (χ3n) is 6.38. The van der Waals surface area contributed by atoms with Crippen LogP contribution in [0.3, 0.4) is 0 Å². The van der Waals surface area contributed by atoms with Gasteiger partial charge in [0, 0.05) is 12.5 Å². The number of benzene rings is 2. The SMILES string of the molecule is C[C@@]1(O)C[C@H]2C[C@@H]1N(C(=O)OCC1c3ccccc3-c3ccccc31)C2. The molecule has 2 fully saturated rings. The van der Waals surface area contributed by atoms with Crippen molar-refractivity contribution < 1.29 is 14.6 Å². The van der Waals surface area contributed by atoms with E-state index in [0.29, 0.717) is 19.1 Å². The first-order valence-corrected chi connectivity index (χ1v) is 9.38. The summed E-state index contributed by atoms with van der Waals surface area (Å²) >= 11 is 0. The molecule has 3 aliphatic rings. The van der Waals surface area contributed by atoms with Crippen molar-refractivity contribution in [1.29, 1.82) is 0 Å². The molecular weight excluding hydrogens is 326 g/mol. The second kappa shape index (κ2) is 5.58. The number of nitrogens with zero attached hydrogens (tertiary/aromatic N) is 1. The van der Waals surface area contributed by atoms with Crippen LogP contribution in [-0.2, 0) is 4.74 Å². The van der Waals surface area contributed by atoms with Gasteiger partial charge in [-0.2, -0.15) is 0 Å². The summed E-state index contributed by atoms with van der Waals surface area (Å²) in [5.41, 5.74) is 4.11. The molecule has 0 spiro atoms. The average Bonchev–Trinajstić information content (AvgIpc) is 3.28. The quantitative estimate of drug-likeness (QED) is 0.898. The number of ether oxygens (including phenoxy) is 1. The number of carbonyl (C=O) groups is 1. The zero-order valence-corrected chi connectivity index (χ0v) is 14.9. The van der Waals surface area contributed by atoms with Crippen molar-refractivity contribution in [2.75, 3.05) is 13.2 Å². The van der Waals surface area contributed by atoms with Crippen LogP contribution in [-0.4, -0.2) is 40.9 Å². The normalized spacial score (nSPS) is 28.9. The van der Waals surface area contributed by atoms with Gasteiger partial charge in [-0.25, -0.2) is 4.79 Å². The molecule has 1 amide bonds. The minimum atomic E-state index is -0.783. The van der Waals surface area contributed by atoms with Gasteiger partial charge >= 0.3 is 6.09 Å². The van der Waals surface area contributed by atoms with E-state index in [1.54, 1.807) is 4.90 Å². The van der Waals surface area contributed by atoms with Crippen LogP contribution in [0.2, 0.25) is 0 Å². The minimum absolute atomic E-state index is 0.0756. The largest absolute Gasteiger partial charge is 0.448 e. The Morgan fingerprint density at radius 2 is 1.77 bits per heavy atom. The van der Waals surface area contributed by atoms with Crippen molar-refractivity contribution in [3.05, 3.63) is 59.7 Å². The predicted molar refractivity (Wildman–Crippen MR) is 98.9 cm³/mol. The van der Waals surface area contributed by atoms with E-state index in [0.717, 1.165) is 12.8 Å². The summed E-state index contributed by atoms with van der Waals surface area (Å²) in [5, 5.41) is 10.5. The molecule has 1 aliphatic heterocycles. The van der Waals surface area contributed by atoms with E-state index in [-0.39, 0.29) is 18.1 Å². The summed E-state index contributed by atoms with van der Waals surface area (Å²) in [4.78, 5) is 14.4. The Morgan fingerprint density at radius 3 is 2.35 bits per heavy atom. The standard InChI is InChI=1S/C22H23NO3/c1-22(25)11-14-10-20(22)23(12-14)21(24)26-13-19-17-8-4-2-6-15(17)16-7-3-5-9-18(16)19/h2-9,14,19-20,25H,10-13H2,1H3/t14-,20+,22-/m1/s1. The lowest BCUT2D eigenvalue weighted by Crippen LogP contribution is -2.51. The van der Waals surface area contributed by atoms with Crippen molar-refractivity contribution in [3.63, 3.8) is 0 Å². The lowest BCUT2D eigenvalue weighted by Gasteiger charge is -2.36. The molecule has 0 unspecified atom stereocenters. The van der Waals surface area contributed by atoms with Gasteiger partial charge in [-0.05, 0) is 47.9 Å². The van der Waals surface area contributed by atoms with Gasteiger partial charge in [0.2, 0.25) is 0 Å². The zero-order chi connectivity index (χ0) is 17.9. The van der Waals surface area contributed by atoms with Crippen molar-refractivity contribution >= 4 is 6.09 Å². The van der Waals surface area contributed by atoms with Crippen LogP contribution in [0.25, 0.3) is 11.1 Å². The van der Waals surface area contributed by atoms with Crippen LogP contribution in [0.4, 0.5) is 4.79 Å². The van der Waals surface area contributed by atoms with Gasteiger partial charge in [-0.1, -0.05) is 48.5 Å². The van der Waals surface area contributed by atoms with Crippen LogP contribution in [0, 0.1) is 5.92 Å². The van der Waals surface area contributed by atoms with Gasteiger partial charge in [0.15, 0.2) is 0 Å². The number of fused-ring (bicyclic) bond motifs is 5. The lowest BCUT2D eigenvalue weighted by atomic mass is 9.95. The smallest absolute Gasteiger partial charge is 0.410 e. The molecule has 2 aromatic carbocycles. The molecule has 2 aliphatic carbocycles. The highest BCUT2D eigenvalue weighted by Gasteiger charge is 2.53. The number of carbonyl (C=O) groups excluding carboxylic acids is 1. The monoisotopic (exact) mass is 349 g/mol. The minimum Gasteiger partial charge on any atom is -0.448 e. The van der Waals surface area contributed by atoms with E-state index < -0.39 is 5.60 Å². The van der Waals surface area contributed by atoms with Crippen LogP contribution >= 0.6 is 0 Å². The summed E-state index contributed by atoms with van der Waals surface area (Å²) in [6.45, 7) is 2.88. The lowest BCUT2D eigenvalue weighted by molar-refractivity contribution is -0.0278. The second-order valence-electron chi connectivity index (χ2n) is 8.14. The number of amides is 1. The van der Waals surface area contributed by atoms with Crippen LogP contribution in [0.1, 0.15) is 36.8 Å². The Labute approximate surface area is 153 Å². The van der Waals surface area contributed by atoms with Crippen LogP contribution in [0.15, 0.2) is 48.5 Å². The number of aliphatic hydroxyl groups is 1. The molecule has 134 valence electrons. The summed E-state index contributed by atoms with van der Waals surface area (Å²) < 4.78 is 5.75. The Morgan fingerprint density at radius 1 is 1.15 bits per heavy atom. The van der Waals surface area contributed by atoms with Gasteiger partial charge in [0.05, 0.1) is 11.6 Å². The maximum atomic E-state index is 12.7. The highest BCUT2D eigenvalue weighted by Crippen LogP contribution is 2.46. The number of hydrogen-bond acceptors (Lipinski definition) is 3. The van der Waals surface area contributed by atoms with E-state index in [1.165, 1.54) is 22.3 Å². The topological polar surface area (TPSA) is 49.8 Å². The highest BCUT2D eigenvalue weighted by molar-refractivity contribution is 5.79. The Balaban J connectivity index is 1.35. The fourth-order valence-corrected chi connectivity index (χ4v) is 5.26. The first-order valence-electron chi connectivity index (χ1n) is 9.38. The summed E-state index contributed by atoms with van der Waals surface area (Å²) in [7, 11) is 0. The Kier molecular flexibility index (Phi) is 3.41. The van der Waals surface area contributed by atoms with E-state index in [4.69, 9.17) is 4.74 Å². The molecule has 1 saturated heterocycles. The van der Waals surface area contributed by atoms with E-state index >= 15 is 0 Å². The van der Waals surface area contributed by atoms with Gasteiger partial charge in [-0.3, -0.25) is 0 Å². The van der Waals surface area contributed by atoms with Crippen LogP contribution in [0.5, 0.6) is 0 Å². The summed E-state index contributed by atoms with van der Waals surface area (Å²) in [5.74, 6) is 0.474. The molecule has 26 heavy (non-hydrogen) atoms. The molecular formula is C22H23NO3. The molecule has 4 heteroatoms. The molecule has 4 nitrogen and oxygen atoms in total. The van der Waals surface area contributed by atoms with Crippen molar-refractivity contribution in [2.45, 2.75) is 37.3 Å². The molecule has 0 radical (unpaired) electrons. The van der Waals surface area contributed by atoms with Gasteiger partial charge < -0.3 is 14.7 Å². The maximum Gasteiger partial charge on any atom is 0.410 e. The van der Waals surface area contributed by atoms with Gasteiger partial charge in [0.1, 0.15) is 6.61 Å². The van der Waals surface area contributed by atoms with Crippen molar-refractivity contribution in [1.82, 2.24) is 4.90 Å². The molecule has 1 N–H and O–H groups in total. The number of piperidine rings is 1. The fraction of sp³-hybridized carbons (Fsp3) is 0.409. The molecule has 2 aromatic rings. The zero-order valence-electron chi connectivity index (χ0n) is 14.9.